The summed E-state index contributed by atoms with van der Waals surface area (Å²) < 4.78 is 0. The maximum absolute atomic E-state index is 10.0. The minimum Gasteiger partial charge on any atom is -0.394 e. The van der Waals surface area contributed by atoms with Crippen LogP contribution in [0, 0.1) is 0 Å². The molecule has 1 aromatic rings. The summed E-state index contributed by atoms with van der Waals surface area (Å²) in [7, 11) is 0. The second kappa shape index (κ2) is 4.66. The van der Waals surface area contributed by atoms with Crippen LogP contribution in [0.4, 0.5) is 11.5 Å². The minimum atomic E-state index is -0.597. The SMILES string of the molecule is CC1(O)CCCN(c2nc(Cl)ncc2N)CC1. The molecule has 1 aromatic heterocycles. The minimum absolute atomic E-state index is 0.199. The Morgan fingerprint density at radius 2 is 2.24 bits per heavy atom. The van der Waals surface area contributed by atoms with E-state index in [-0.39, 0.29) is 5.28 Å². The quantitative estimate of drug-likeness (QED) is 0.744. The van der Waals surface area contributed by atoms with E-state index in [2.05, 4.69) is 14.9 Å². The fourth-order valence-corrected chi connectivity index (χ4v) is 2.22. The highest BCUT2D eigenvalue weighted by Crippen LogP contribution is 2.27. The van der Waals surface area contributed by atoms with Crippen LogP contribution in [0.25, 0.3) is 0 Å². The number of aromatic nitrogens is 2. The zero-order valence-corrected chi connectivity index (χ0v) is 10.6. The van der Waals surface area contributed by atoms with Crippen molar-refractivity contribution in [3.63, 3.8) is 0 Å². The number of hydrogen-bond acceptors (Lipinski definition) is 5. The first-order valence-corrected chi connectivity index (χ1v) is 6.11. The van der Waals surface area contributed by atoms with Crippen LogP contribution in [-0.4, -0.2) is 33.8 Å². The Kier molecular flexibility index (Phi) is 3.40. The van der Waals surface area contributed by atoms with Crippen LogP contribution < -0.4 is 10.6 Å². The van der Waals surface area contributed by atoms with Gasteiger partial charge in [0.2, 0.25) is 5.28 Å². The molecule has 3 N–H and O–H groups in total. The highest BCUT2D eigenvalue weighted by Gasteiger charge is 2.26. The molecule has 1 unspecified atom stereocenters. The molecule has 1 aliphatic rings. The zero-order chi connectivity index (χ0) is 12.5. The summed E-state index contributed by atoms with van der Waals surface area (Å²) in [5, 5.41) is 10.2. The lowest BCUT2D eigenvalue weighted by Crippen LogP contribution is -2.29. The van der Waals surface area contributed by atoms with Crippen molar-refractivity contribution in [2.24, 2.45) is 0 Å². The van der Waals surface area contributed by atoms with E-state index in [1.807, 2.05) is 6.92 Å². The molecule has 5 nitrogen and oxygen atoms in total. The van der Waals surface area contributed by atoms with Crippen molar-refractivity contribution in [3.8, 4) is 0 Å². The molecule has 1 saturated heterocycles. The summed E-state index contributed by atoms with van der Waals surface area (Å²) in [6.45, 7) is 3.42. The van der Waals surface area contributed by atoms with Crippen molar-refractivity contribution in [1.82, 2.24) is 9.97 Å². The summed E-state index contributed by atoms with van der Waals surface area (Å²) in [5.41, 5.74) is 5.78. The van der Waals surface area contributed by atoms with Crippen molar-refractivity contribution in [2.45, 2.75) is 31.8 Å². The van der Waals surface area contributed by atoms with Crippen LogP contribution in [0.1, 0.15) is 26.2 Å². The highest BCUT2D eigenvalue weighted by atomic mass is 35.5. The summed E-state index contributed by atoms with van der Waals surface area (Å²) in [6.07, 6.45) is 3.93. The average molecular weight is 257 g/mol. The van der Waals surface area contributed by atoms with Gasteiger partial charge >= 0.3 is 0 Å². The van der Waals surface area contributed by atoms with Crippen LogP contribution >= 0.6 is 11.6 Å². The molecular formula is C11H17ClN4O. The third-order valence-electron chi connectivity index (χ3n) is 3.13. The van der Waals surface area contributed by atoms with Crippen LogP contribution in [-0.2, 0) is 0 Å². The number of hydrogen-bond donors (Lipinski definition) is 2. The molecule has 94 valence electrons. The number of nitrogens with two attached hydrogens (primary N) is 1. The van der Waals surface area contributed by atoms with E-state index in [0.29, 0.717) is 17.9 Å². The van der Waals surface area contributed by atoms with Gasteiger partial charge in [0.05, 0.1) is 17.5 Å². The third kappa shape index (κ3) is 2.98. The molecule has 0 bridgehead atoms. The molecule has 1 fully saturated rings. The van der Waals surface area contributed by atoms with Crippen molar-refractivity contribution < 1.29 is 5.11 Å². The monoisotopic (exact) mass is 256 g/mol. The van der Waals surface area contributed by atoms with Gasteiger partial charge in [-0.15, -0.1) is 0 Å². The van der Waals surface area contributed by atoms with Gasteiger partial charge in [-0.3, -0.25) is 0 Å². The second-order valence-corrected chi connectivity index (χ2v) is 5.09. The smallest absolute Gasteiger partial charge is 0.224 e. The maximum atomic E-state index is 10.0. The molecule has 0 aliphatic carbocycles. The van der Waals surface area contributed by atoms with Gasteiger partial charge in [-0.1, -0.05) is 0 Å². The van der Waals surface area contributed by atoms with E-state index < -0.39 is 5.60 Å². The summed E-state index contributed by atoms with van der Waals surface area (Å²) >= 11 is 5.78. The molecule has 6 heteroatoms. The molecule has 0 radical (unpaired) electrons. The molecule has 0 amide bonds. The highest BCUT2D eigenvalue weighted by molar-refractivity contribution is 6.28. The predicted octanol–water partition coefficient (Wildman–Crippen LogP) is 1.45. The number of rotatable bonds is 1. The Hall–Kier alpha value is -1.07. The van der Waals surface area contributed by atoms with Crippen molar-refractivity contribution in [2.75, 3.05) is 23.7 Å². The molecule has 2 rings (SSSR count). The lowest BCUT2D eigenvalue weighted by atomic mass is 9.98. The molecule has 2 heterocycles. The molecule has 1 aliphatic heterocycles. The molecule has 0 spiro atoms. The van der Waals surface area contributed by atoms with Gasteiger partial charge in [-0.25, -0.2) is 4.98 Å². The Labute approximate surface area is 106 Å². The van der Waals surface area contributed by atoms with E-state index in [1.54, 1.807) is 0 Å². The molecule has 0 aromatic carbocycles. The van der Waals surface area contributed by atoms with E-state index in [0.717, 1.165) is 25.9 Å². The van der Waals surface area contributed by atoms with Crippen LogP contribution in [0.15, 0.2) is 6.20 Å². The first-order valence-electron chi connectivity index (χ1n) is 5.73. The Bertz CT molecular complexity index is 410. The van der Waals surface area contributed by atoms with E-state index >= 15 is 0 Å². The number of nitrogens with zero attached hydrogens (tertiary/aromatic N) is 3. The number of anilines is 2. The average Bonchev–Trinajstić information content (AvgIpc) is 2.43. The fraction of sp³-hybridized carbons (Fsp3) is 0.636. The predicted molar refractivity (Wildman–Crippen MR) is 68.1 cm³/mol. The summed E-state index contributed by atoms with van der Waals surface area (Å²) in [6, 6.07) is 0. The third-order valence-corrected chi connectivity index (χ3v) is 3.31. The van der Waals surface area contributed by atoms with Crippen molar-refractivity contribution in [3.05, 3.63) is 11.5 Å². The van der Waals surface area contributed by atoms with E-state index in [9.17, 15) is 5.11 Å². The summed E-state index contributed by atoms with van der Waals surface area (Å²) in [5.74, 6) is 0.669. The van der Waals surface area contributed by atoms with Crippen LogP contribution in [0.5, 0.6) is 0 Å². The van der Waals surface area contributed by atoms with Gasteiger partial charge in [0, 0.05) is 13.1 Å². The fourth-order valence-electron chi connectivity index (χ4n) is 2.09. The van der Waals surface area contributed by atoms with E-state index in [1.165, 1.54) is 6.20 Å². The van der Waals surface area contributed by atoms with Crippen molar-refractivity contribution >= 4 is 23.1 Å². The zero-order valence-electron chi connectivity index (χ0n) is 9.86. The van der Waals surface area contributed by atoms with Crippen LogP contribution in [0.2, 0.25) is 5.28 Å². The normalized spacial score (nSPS) is 25.7. The molecule has 17 heavy (non-hydrogen) atoms. The number of nitrogen functional groups attached to an aromatic ring is 1. The topological polar surface area (TPSA) is 75.3 Å². The largest absolute Gasteiger partial charge is 0.394 e. The van der Waals surface area contributed by atoms with Gasteiger partial charge in [-0.2, -0.15) is 4.98 Å². The summed E-state index contributed by atoms with van der Waals surface area (Å²) in [4.78, 5) is 10.1. The molecular weight excluding hydrogens is 240 g/mol. The Morgan fingerprint density at radius 3 is 3.00 bits per heavy atom. The second-order valence-electron chi connectivity index (χ2n) is 4.76. The number of aliphatic hydroxyl groups is 1. The standard InChI is InChI=1S/C11H17ClN4O/c1-11(17)3-2-5-16(6-4-11)9-8(13)7-14-10(12)15-9/h7,17H,2-6,13H2,1H3. The first-order chi connectivity index (χ1) is 7.98. The lowest BCUT2D eigenvalue weighted by Gasteiger charge is -2.24. The van der Waals surface area contributed by atoms with Crippen molar-refractivity contribution in [1.29, 1.82) is 0 Å². The molecule has 1 atom stereocenters. The van der Waals surface area contributed by atoms with Gasteiger partial charge in [-0.05, 0) is 37.8 Å². The number of halogens is 1. The van der Waals surface area contributed by atoms with Crippen LogP contribution in [0.3, 0.4) is 0 Å². The van der Waals surface area contributed by atoms with Gasteiger partial charge in [0.25, 0.3) is 0 Å². The van der Waals surface area contributed by atoms with Gasteiger partial charge in [0.1, 0.15) is 0 Å². The Balaban J connectivity index is 2.19. The Morgan fingerprint density at radius 1 is 1.47 bits per heavy atom. The van der Waals surface area contributed by atoms with E-state index in [4.69, 9.17) is 17.3 Å². The lowest BCUT2D eigenvalue weighted by molar-refractivity contribution is 0.0481. The van der Waals surface area contributed by atoms with Gasteiger partial charge < -0.3 is 15.7 Å². The van der Waals surface area contributed by atoms with Gasteiger partial charge in [0.15, 0.2) is 5.82 Å². The molecule has 0 saturated carbocycles. The first kappa shape index (κ1) is 12.4. The maximum Gasteiger partial charge on any atom is 0.224 e.